The minimum atomic E-state index is -0.492. The lowest BCUT2D eigenvalue weighted by Gasteiger charge is -2.10. The van der Waals surface area contributed by atoms with Crippen LogP contribution in [0.25, 0.3) is 10.8 Å². The van der Waals surface area contributed by atoms with Gasteiger partial charge in [-0.25, -0.2) is 4.39 Å². The third-order valence-electron chi connectivity index (χ3n) is 3.12. The Morgan fingerprint density at radius 2 is 1.76 bits per heavy atom. The topological polar surface area (TPSA) is 33.0 Å². The second-order valence-electron chi connectivity index (χ2n) is 4.45. The molecule has 0 radical (unpaired) electrons. The summed E-state index contributed by atoms with van der Waals surface area (Å²) in [6.07, 6.45) is 0. The molecule has 0 amide bonds. The fraction of sp³-hybridized carbons (Fsp3) is 0. The van der Waals surface area contributed by atoms with Crippen LogP contribution in [0.4, 0.5) is 4.39 Å². The second-order valence-corrected chi connectivity index (χ2v) is 4.85. The van der Waals surface area contributed by atoms with Crippen LogP contribution in [0.2, 0.25) is 5.02 Å². The molecule has 102 valence electrons. The zero-order chi connectivity index (χ0) is 14.8. The largest absolute Gasteiger partial charge is 0.457 e. The van der Waals surface area contributed by atoms with Crippen molar-refractivity contribution in [2.45, 2.75) is 0 Å². The van der Waals surface area contributed by atoms with E-state index in [1.54, 1.807) is 12.1 Å². The molecular formula is C17H9ClFNO. The molecule has 0 unspecified atom stereocenters. The summed E-state index contributed by atoms with van der Waals surface area (Å²) in [5, 5.41) is 10.8. The Morgan fingerprint density at radius 1 is 1.00 bits per heavy atom. The van der Waals surface area contributed by atoms with Crippen molar-refractivity contribution in [3.05, 3.63) is 71.0 Å². The van der Waals surface area contributed by atoms with E-state index in [4.69, 9.17) is 21.6 Å². The van der Waals surface area contributed by atoms with Crippen LogP contribution in [0, 0.1) is 17.1 Å². The molecule has 0 aromatic heterocycles. The lowest BCUT2D eigenvalue weighted by molar-refractivity contribution is 0.486. The average Bonchev–Trinajstić information content (AvgIpc) is 2.51. The van der Waals surface area contributed by atoms with Crippen LogP contribution in [0.5, 0.6) is 11.5 Å². The van der Waals surface area contributed by atoms with Crippen molar-refractivity contribution in [2.75, 3.05) is 0 Å². The minimum Gasteiger partial charge on any atom is -0.457 e. The molecule has 0 fully saturated rings. The number of fused-ring (bicyclic) bond motifs is 1. The van der Waals surface area contributed by atoms with E-state index in [0.29, 0.717) is 17.1 Å². The fourth-order valence-corrected chi connectivity index (χ4v) is 2.30. The van der Waals surface area contributed by atoms with Crippen molar-refractivity contribution in [3.8, 4) is 17.6 Å². The van der Waals surface area contributed by atoms with Crippen molar-refractivity contribution >= 4 is 22.4 Å². The summed E-state index contributed by atoms with van der Waals surface area (Å²) < 4.78 is 18.9. The number of hydrogen-bond donors (Lipinski definition) is 0. The van der Waals surface area contributed by atoms with Gasteiger partial charge in [-0.1, -0.05) is 35.9 Å². The van der Waals surface area contributed by atoms with Gasteiger partial charge in [-0.05, 0) is 24.3 Å². The molecule has 3 rings (SSSR count). The van der Waals surface area contributed by atoms with Gasteiger partial charge in [0.25, 0.3) is 0 Å². The van der Waals surface area contributed by atoms with E-state index in [-0.39, 0.29) is 5.02 Å². The highest BCUT2D eigenvalue weighted by molar-refractivity contribution is 6.30. The van der Waals surface area contributed by atoms with Crippen LogP contribution in [-0.4, -0.2) is 0 Å². The molecule has 0 bridgehead atoms. The highest BCUT2D eigenvalue weighted by Crippen LogP contribution is 2.33. The van der Waals surface area contributed by atoms with Gasteiger partial charge in [0.15, 0.2) is 0 Å². The van der Waals surface area contributed by atoms with Crippen molar-refractivity contribution in [1.29, 1.82) is 5.26 Å². The first-order chi connectivity index (χ1) is 10.2. The molecule has 0 spiro atoms. The monoisotopic (exact) mass is 297 g/mol. The molecule has 2 nitrogen and oxygen atoms in total. The van der Waals surface area contributed by atoms with Gasteiger partial charge < -0.3 is 4.74 Å². The Morgan fingerprint density at radius 3 is 2.48 bits per heavy atom. The summed E-state index contributed by atoms with van der Waals surface area (Å²) >= 11 is 5.75. The Labute approximate surface area is 126 Å². The predicted molar refractivity (Wildman–Crippen MR) is 80.1 cm³/mol. The Bertz CT molecular complexity index is 870. The number of rotatable bonds is 2. The SMILES string of the molecule is N#Cc1ccc(Oc2ccc(F)c(Cl)c2)c2ccccc12. The standard InChI is InChI=1S/C17H9ClFNO/c18-15-9-12(6-7-16(15)19)21-17-8-5-11(10-20)13-3-1-2-4-14(13)17/h1-9H. The molecule has 0 heterocycles. The van der Waals surface area contributed by atoms with Gasteiger partial charge in [-0.15, -0.1) is 0 Å². The normalized spacial score (nSPS) is 10.3. The van der Waals surface area contributed by atoms with E-state index in [2.05, 4.69) is 6.07 Å². The number of hydrogen-bond acceptors (Lipinski definition) is 2. The van der Waals surface area contributed by atoms with Crippen LogP contribution in [-0.2, 0) is 0 Å². The van der Waals surface area contributed by atoms with E-state index in [0.717, 1.165) is 10.8 Å². The summed E-state index contributed by atoms with van der Waals surface area (Å²) in [6.45, 7) is 0. The third-order valence-corrected chi connectivity index (χ3v) is 3.41. The van der Waals surface area contributed by atoms with Crippen molar-refractivity contribution in [3.63, 3.8) is 0 Å². The lowest BCUT2D eigenvalue weighted by Crippen LogP contribution is -1.89. The van der Waals surface area contributed by atoms with Crippen molar-refractivity contribution < 1.29 is 9.13 Å². The van der Waals surface area contributed by atoms with Gasteiger partial charge in [-0.3, -0.25) is 0 Å². The molecule has 0 N–H and O–H groups in total. The molecule has 0 aliphatic rings. The summed E-state index contributed by atoms with van der Waals surface area (Å²) in [7, 11) is 0. The first-order valence-corrected chi connectivity index (χ1v) is 6.61. The maximum atomic E-state index is 13.2. The first kappa shape index (κ1) is 13.4. The Hall–Kier alpha value is -2.57. The zero-order valence-electron chi connectivity index (χ0n) is 10.8. The van der Waals surface area contributed by atoms with Crippen LogP contribution in [0.3, 0.4) is 0 Å². The van der Waals surface area contributed by atoms with E-state index in [9.17, 15) is 4.39 Å². The van der Waals surface area contributed by atoms with Crippen LogP contribution < -0.4 is 4.74 Å². The van der Waals surface area contributed by atoms with Gasteiger partial charge in [0.2, 0.25) is 0 Å². The molecule has 3 aromatic rings. The number of nitriles is 1. The highest BCUT2D eigenvalue weighted by atomic mass is 35.5. The minimum absolute atomic E-state index is 0.00505. The average molecular weight is 298 g/mol. The molecular weight excluding hydrogens is 289 g/mol. The van der Waals surface area contributed by atoms with E-state index < -0.39 is 5.82 Å². The Kier molecular flexibility index (Phi) is 3.47. The molecule has 0 atom stereocenters. The summed E-state index contributed by atoms with van der Waals surface area (Å²) in [5.74, 6) is 0.539. The first-order valence-electron chi connectivity index (χ1n) is 6.24. The summed E-state index contributed by atoms with van der Waals surface area (Å²) in [6, 6.07) is 17.2. The van der Waals surface area contributed by atoms with Gasteiger partial charge in [0.05, 0.1) is 16.7 Å². The van der Waals surface area contributed by atoms with Gasteiger partial charge in [0.1, 0.15) is 17.3 Å². The zero-order valence-corrected chi connectivity index (χ0v) is 11.6. The Balaban J connectivity index is 2.09. The highest BCUT2D eigenvalue weighted by Gasteiger charge is 2.08. The number of benzene rings is 3. The predicted octanol–water partition coefficient (Wildman–Crippen LogP) is 5.30. The number of halogens is 2. The van der Waals surface area contributed by atoms with Crippen molar-refractivity contribution in [1.82, 2.24) is 0 Å². The van der Waals surface area contributed by atoms with Crippen LogP contribution >= 0.6 is 11.6 Å². The molecule has 4 heteroatoms. The molecule has 21 heavy (non-hydrogen) atoms. The van der Waals surface area contributed by atoms with Gasteiger partial charge >= 0.3 is 0 Å². The molecule has 0 saturated carbocycles. The quantitative estimate of drug-likeness (QED) is 0.643. The van der Waals surface area contributed by atoms with Crippen LogP contribution in [0.1, 0.15) is 5.56 Å². The summed E-state index contributed by atoms with van der Waals surface area (Å²) in [5.41, 5.74) is 0.579. The maximum Gasteiger partial charge on any atom is 0.142 e. The van der Waals surface area contributed by atoms with Gasteiger partial charge in [0, 0.05) is 16.8 Å². The molecule has 0 aliphatic carbocycles. The number of ether oxygens (including phenoxy) is 1. The van der Waals surface area contributed by atoms with Crippen molar-refractivity contribution in [2.24, 2.45) is 0 Å². The molecule has 3 aromatic carbocycles. The fourth-order valence-electron chi connectivity index (χ4n) is 2.13. The number of nitrogens with zero attached hydrogens (tertiary/aromatic N) is 1. The molecule has 0 saturated heterocycles. The molecule has 0 aliphatic heterocycles. The summed E-state index contributed by atoms with van der Waals surface area (Å²) in [4.78, 5) is 0. The lowest BCUT2D eigenvalue weighted by atomic mass is 10.0. The smallest absolute Gasteiger partial charge is 0.142 e. The maximum absolute atomic E-state index is 13.2. The van der Waals surface area contributed by atoms with E-state index in [1.165, 1.54) is 18.2 Å². The van der Waals surface area contributed by atoms with E-state index in [1.807, 2.05) is 24.3 Å². The van der Waals surface area contributed by atoms with Gasteiger partial charge in [-0.2, -0.15) is 5.26 Å². The third kappa shape index (κ3) is 2.54. The second kappa shape index (κ2) is 5.43. The van der Waals surface area contributed by atoms with E-state index >= 15 is 0 Å². The van der Waals surface area contributed by atoms with Crippen LogP contribution in [0.15, 0.2) is 54.6 Å².